The number of nitrogens with two attached hydrogens (primary N) is 1. The topological polar surface area (TPSA) is 82.2 Å². The Kier molecular flexibility index (Phi) is 4.95. The first-order valence-corrected chi connectivity index (χ1v) is 6.77. The minimum absolute atomic E-state index is 0.153. The normalized spacial score (nSPS) is 12.2. The molecule has 0 aliphatic heterocycles. The van der Waals surface area contributed by atoms with Crippen LogP contribution in [0.25, 0.3) is 5.69 Å². The Morgan fingerprint density at radius 2 is 2.29 bits per heavy atom. The molecule has 2 aromatic rings. The van der Waals surface area contributed by atoms with Crippen molar-refractivity contribution in [2.24, 2.45) is 5.73 Å². The summed E-state index contributed by atoms with van der Waals surface area (Å²) in [5.41, 5.74) is 7.35. The van der Waals surface area contributed by atoms with Crippen LogP contribution in [0, 0.1) is 6.92 Å². The van der Waals surface area contributed by atoms with Gasteiger partial charge in [-0.25, -0.2) is 4.68 Å². The summed E-state index contributed by atoms with van der Waals surface area (Å²) in [5, 5.41) is 7.62. The Balaban J connectivity index is 2.18. The van der Waals surface area contributed by atoms with Crippen LogP contribution in [0.3, 0.4) is 0 Å². The number of halogens is 1. The third-order valence-corrected chi connectivity index (χ3v) is 3.11. The summed E-state index contributed by atoms with van der Waals surface area (Å²) in [4.78, 5) is 11.8. The molecule has 2 rings (SSSR count). The molecule has 0 saturated heterocycles. The highest BCUT2D eigenvalue weighted by Crippen LogP contribution is 2.18. The summed E-state index contributed by atoms with van der Waals surface area (Å²) >= 11 is 5.97. The van der Waals surface area contributed by atoms with Crippen molar-refractivity contribution in [3.05, 3.63) is 41.0 Å². The van der Waals surface area contributed by atoms with Crippen LogP contribution < -0.4 is 11.1 Å². The van der Waals surface area contributed by atoms with Gasteiger partial charge in [0.2, 0.25) is 5.91 Å². The van der Waals surface area contributed by atoms with E-state index in [4.69, 9.17) is 22.1 Å². The molecule has 0 spiro atoms. The second kappa shape index (κ2) is 6.71. The number of nitrogens with zero attached hydrogens (tertiary/aromatic N) is 2. The first-order valence-electron chi connectivity index (χ1n) is 6.39. The van der Waals surface area contributed by atoms with E-state index in [2.05, 4.69) is 10.4 Å². The number of ether oxygens (including phenoxy) is 1. The monoisotopic (exact) mass is 308 g/mol. The van der Waals surface area contributed by atoms with Crippen LogP contribution >= 0.6 is 11.6 Å². The number of amides is 1. The number of nitrogens with one attached hydrogen (secondary N) is 1. The number of anilines is 1. The van der Waals surface area contributed by atoms with Crippen molar-refractivity contribution in [1.82, 2.24) is 9.78 Å². The Hall–Kier alpha value is -1.89. The average Bonchev–Trinajstić information content (AvgIpc) is 2.79. The predicted molar refractivity (Wildman–Crippen MR) is 81.8 cm³/mol. The van der Waals surface area contributed by atoms with E-state index in [9.17, 15) is 4.79 Å². The average molecular weight is 309 g/mol. The maximum Gasteiger partial charge on any atom is 0.244 e. The maximum atomic E-state index is 11.8. The Morgan fingerprint density at radius 1 is 1.52 bits per heavy atom. The van der Waals surface area contributed by atoms with Crippen LogP contribution in [0.15, 0.2) is 30.3 Å². The van der Waals surface area contributed by atoms with E-state index in [1.807, 2.05) is 19.1 Å². The fourth-order valence-electron chi connectivity index (χ4n) is 1.88. The van der Waals surface area contributed by atoms with E-state index in [1.54, 1.807) is 22.9 Å². The molecule has 7 heteroatoms. The molecule has 1 unspecified atom stereocenters. The van der Waals surface area contributed by atoms with Gasteiger partial charge in [0, 0.05) is 23.9 Å². The van der Waals surface area contributed by atoms with Crippen molar-refractivity contribution < 1.29 is 9.53 Å². The Bertz CT molecular complexity index is 642. The first-order chi connectivity index (χ1) is 10.0. The Morgan fingerprint density at radius 3 is 2.95 bits per heavy atom. The van der Waals surface area contributed by atoms with Crippen molar-refractivity contribution in [3.63, 3.8) is 0 Å². The third-order valence-electron chi connectivity index (χ3n) is 2.87. The van der Waals surface area contributed by atoms with E-state index in [0.29, 0.717) is 10.8 Å². The van der Waals surface area contributed by atoms with Crippen LogP contribution in [-0.4, -0.2) is 35.4 Å². The molecule has 0 bridgehead atoms. The van der Waals surface area contributed by atoms with Crippen LogP contribution in [-0.2, 0) is 9.53 Å². The predicted octanol–water partition coefficient (Wildman–Crippen LogP) is 1.75. The van der Waals surface area contributed by atoms with Crippen molar-refractivity contribution in [3.8, 4) is 5.69 Å². The number of methoxy groups -OCH3 is 1. The van der Waals surface area contributed by atoms with Gasteiger partial charge < -0.3 is 15.8 Å². The van der Waals surface area contributed by atoms with Crippen molar-refractivity contribution >= 4 is 23.3 Å². The van der Waals surface area contributed by atoms with Gasteiger partial charge in [-0.2, -0.15) is 0 Å². The highest BCUT2D eigenvalue weighted by Gasteiger charge is 2.15. The minimum atomic E-state index is -0.730. The molecule has 1 amide bonds. The van der Waals surface area contributed by atoms with E-state index in [1.165, 1.54) is 7.11 Å². The molecule has 3 N–H and O–H groups in total. The third kappa shape index (κ3) is 3.81. The molecule has 1 atom stereocenters. The van der Waals surface area contributed by atoms with Gasteiger partial charge in [-0.05, 0) is 25.1 Å². The van der Waals surface area contributed by atoms with Crippen LogP contribution in [0.4, 0.5) is 5.82 Å². The molecule has 0 radical (unpaired) electrons. The number of aryl methyl sites for hydroxylation is 1. The molecule has 6 nitrogen and oxygen atoms in total. The first kappa shape index (κ1) is 15.5. The number of aromatic nitrogens is 2. The number of carbonyl (C=O) groups is 1. The molecule has 1 aromatic heterocycles. The fourth-order valence-corrected chi connectivity index (χ4v) is 2.06. The van der Waals surface area contributed by atoms with Gasteiger partial charge in [0.15, 0.2) is 5.82 Å². The van der Waals surface area contributed by atoms with Gasteiger partial charge in [-0.3, -0.25) is 4.79 Å². The van der Waals surface area contributed by atoms with Gasteiger partial charge in [0.1, 0.15) is 6.04 Å². The number of carbonyl (C=O) groups excluding carboxylic acids is 1. The zero-order valence-electron chi connectivity index (χ0n) is 11.8. The lowest BCUT2D eigenvalue weighted by Gasteiger charge is -2.09. The molecule has 0 aliphatic carbocycles. The SMILES string of the molecule is COCC(N)C(=O)Nc1cc(C)n(-c2cccc(Cl)c2)n1. The summed E-state index contributed by atoms with van der Waals surface area (Å²) in [6, 6.07) is 8.34. The van der Waals surface area contributed by atoms with Crippen molar-refractivity contribution in [2.75, 3.05) is 19.0 Å². The molecule has 0 fully saturated rings. The molecule has 1 aromatic carbocycles. The minimum Gasteiger partial charge on any atom is -0.383 e. The standard InChI is InChI=1S/C14H17ClN4O2/c1-9-6-13(17-14(20)12(16)8-21-2)18-19(9)11-5-3-4-10(15)7-11/h3-7,12H,8,16H2,1-2H3,(H,17,18,20). The van der Waals surface area contributed by atoms with Gasteiger partial charge in [-0.15, -0.1) is 5.10 Å². The molecule has 112 valence electrons. The maximum absolute atomic E-state index is 11.8. The largest absolute Gasteiger partial charge is 0.383 e. The van der Waals surface area contributed by atoms with E-state index >= 15 is 0 Å². The smallest absolute Gasteiger partial charge is 0.244 e. The molecule has 0 saturated carbocycles. The number of hydrogen-bond acceptors (Lipinski definition) is 4. The molecular weight excluding hydrogens is 292 g/mol. The molecular formula is C14H17ClN4O2. The zero-order chi connectivity index (χ0) is 15.4. The summed E-state index contributed by atoms with van der Waals surface area (Å²) in [7, 11) is 1.49. The molecule has 21 heavy (non-hydrogen) atoms. The highest BCUT2D eigenvalue weighted by atomic mass is 35.5. The zero-order valence-corrected chi connectivity index (χ0v) is 12.6. The van der Waals surface area contributed by atoms with E-state index in [0.717, 1.165) is 11.4 Å². The van der Waals surface area contributed by atoms with Crippen molar-refractivity contribution in [1.29, 1.82) is 0 Å². The molecule has 1 heterocycles. The van der Waals surface area contributed by atoms with Gasteiger partial charge in [0.05, 0.1) is 12.3 Å². The Labute approximate surface area is 127 Å². The highest BCUT2D eigenvalue weighted by molar-refractivity contribution is 6.30. The lowest BCUT2D eigenvalue weighted by molar-refractivity contribution is -0.118. The summed E-state index contributed by atoms with van der Waals surface area (Å²) in [6.07, 6.45) is 0. The number of hydrogen-bond donors (Lipinski definition) is 2. The second-order valence-electron chi connectivity index (χ2n) is 4.61. The molecule has 0 aliphatic rings. The van der Waals surface area contributed by atoms with E-state index < -0.39 is 6.04 Å². The lowest BCUT2D eigenvalue weighted by Crippen LogP contribution is -2.39. The van der Waals surface area contributed by atoms with Gasteiger partial charge >= 0.3 is 0 Å². The quantitative estimate of drug-likeness (QED) is 0.881. The lowest BCUT2D eigenvalue weighted by atomic mass is 10.3. The summed E-state index contributed by atoms with van der Waals surface area (Å²) < 4.78 is 6.55. The van der Waals surface area contributed by atoms with Crippen molar-refractivity contribution in [2.45, 2.75) is 13.0 Å². The second-order valence-corrected chi connectivity index (χ2v) is 5.05. The van der Waals surface area contributed by atoms with Crippen LogP contribution in [0.1, 0.15) is 5.69 Å². The van der Waals surface area contributed by atoms with Gasteiger partial charge in [0.25, 0.3) is 0 Å². The fraction of sp³-hybridized carbons (Fsp3) is 0.286. The van der Waals surface area contributed by atoms with Crippen LogP contribution in [0.2, 0.25) is 5.02 Å². The van der Waals surface area contributed by atoms with Crippen LogP contribution in [0.5, 0.6) is 0 Å². The summed E-state index contributed by atoms with van der Waals surface area (Å²) in [5.74, 6) is 0.0941. The van der Waals surface area contributed by atoms with Gasteiger partial charge in [-0.1, -0.05) is 17.7 Å². The number of rotatable bonds is 5. The van der Waals surface area contributed by atoms with E-state index in [-0.39, 0.29) is 12.5 Å². The number of benzene rings is 1. The summed E-state index contributed by atoms with van der Waals surface area (Å²) in [6.45, 7) is 2.04.